The van der Waals surface area contributed by atoms with E-state index in [1.807, 2.05) is 18.2 Å². The minimum atomic E-state index is 0.466. The quantitative estimate of drug-likeness (QED) is 0.260. The maximum Gasteiger partial charge on any atom is 0.362 e. The van der Waals surface area contributed by atoms with Crippen molar-refractivity contribution in [3.05, 3.63) is 48.3 Å². The first-order valence-electron chi connectivity index (χ1n) is 4.54. The highest BCUT2D eigenvalue weighted by atomic mass is 32.2. The van der Waals surface area contributed by atoms with Crippen LogP contribution in [0.1, 0.15) is 0 Å². The summed E-state index contributed by atoms with van der Waals surface area (Å²) >= 11 is 1.38. The van der Waals surface area contributed by atoms with Crippen LogP contribution in [0.5, 0.6) is 0 Å². The standard InChI is InChI=1S/C11H10N2OS/c1-2-7-15-11-12-8-9-5-3-4-6-10(9)13(11)14/h2-6,8H,1,7H2. The van der Waals surface area contributed by atoms with E-state index in [9.17, 15) is 5.21 Å². The molecule has 0 aliphatic heterocycles. The van der Waals surface area contributed by atoms with Crippen molar-refractivity contribution in [3.63, 3.8) is 0 Å². The smallest absolute Gasteiger partial charge is 0.362 e. The molecule has 0 saturated carbocycles. The molecule has 1 aromatic carbocycles. The van der Waals surface area contributed by atoms with E-state index in [2.05, 4.69) is 11.6 Å². The average molecular weight is 218 g/mol. The number of fused-ring (bicyclic) bond motifs is 1. The molecule has 0 unspecified atom stereocenters. The van der Waals surface area contributed by atoms with E-state index >= 15 is 0 Å². The highest BCUT2D eigenvalue weighted by Crippen LogP contribution is 2.14. The topological polar surface area (TPSA) is 39.8 Å². The molecule has 0 N–H and O–H groups in total. The molecule has 0 saturated heterocycles. The van der Waals surface area contributed by atoms with Crippen molar-refractivity contribution in [2.24, 2.45) is 0 Å². The zero-order chi connectivity index (χ0) is 10.7. The molecule has 0 spiro atoms. The Morgan fingerprint density at radius 1 is 1.47 bits per heavy atom. The highest BCUT2D eigenvalue weighted by molar-refractivity contribution is 7.99. The van der Waals surface area contributed by atoms with Crippen LogP contribution >= 0.6 is 11.8 Å². The lowest BCUT2D eigenvalue weighted by Gasteiger charge is -2.07. The van der Waals surface area contributed by atoms with Crippen molar-refractivity contribution in [2.45, 2.75) is 5.16 Å². The van der Waals surface area contributed by atoms with Gasteiger partial charge in [0.15, 0.2) is 6.20 Å². The second kappa shape index (κ2) is 4.31. The number of thioether (sulfide) groups is 1. The third kappa shape index (κ3) is 1.94. The van der Waals surface area contributed by atoms with Gasteiger partial charge in [0.05, 0.1) is 5.39 Å². The van der Waals surface area contributed by atoms with Gasteiger partial charge in [0.1, 0.15) is 5.52 Å². The first-order chi connectivity index (χ1) is 7.33. The van der Waals surface area contributed by atoms with Gasteiger partial charge in [-0.3, -0.25) is 0 Å². The van der Waals surface area contributed by atoms with Crippen molar-refractivity contribution < 1.29 is 4.73 Å². The number of benzene rings is 1. The summed E-state index contributed by atoms with van der Waals surface area (Å²) in [4.78, 5) is 4.11. The average Bonchev–Trinajstić information content (AvgIpc) is 2.29. The normalized spacial score (nSPS) is 10.4. The first-order valence-corrected chi connectivity index (χ1v) is 5.52. The molecular formula is C11H10N2OS. The Labute approximate surface area is 92.0 Å². The van der Waals surface area contributed by atoms with Gasteiger partial charge in [-0.25, -0.2) is 4.73 Å². The summed E-state index contributed by atoms with van der Waals surface area (Å²) in [5, 5.41) is 13.2. The van der Waals surface area contributed by atoms with Gasteiger partial charge in [0, 0.05) is 5.75 Å². The Hall–Kier alpha value is -1.55. The minimum Gasteiger partial charge on any atom is -0.710 e. The molecule has 0 amide bonds. The molecule has 0 aliphatic carbocycles. The molecule has 0 atom stereocenters. The van der Waals surface area contributed by atoms with Crippen LogP contribution in [0.4, 0.5) is 0 Å². The molecule has 0 aliphatic rings. The van der Waals surface area contributed by atoms with Crippen LogP contribution in [0.15, 0.2) is 48.3 Å². The van der Waals surface area contributed by atoms with Crippen molar-refractivity contribution in [3.8, 4) is 0 Å². The summed E-state index contributed by atoms with van der Waals surface area (Å²) in [6, 6.07) is 7.40. The van der Waals surface area contributed by atoms with Crippen molar-refractivity contribution in [2.75, 3.05) is 5.75 Å². The Bertz CT molecular complexity index is 499. The van der Waals surface area contributed by atoms with Gasteiger partial charge < -0.3 is 5.21 Å². The SMILES string of the molecule is C=CCSc1ncc2ccccc2[n+]1[O-]. The fourth-order valence-corrected chi connectivity index (χ4v) is 1.90. The summed E-state index contributed by atoms with van der Waals surface area (Å²) < 4.78 is 0.865. The predicted molar refractivity (Wildman–Crippen MR) is 61.6 cm³/mol. The van der Waals surface area contributed by atoms with Gasteiger partial charge in [-0.1, -0.05) is 18.2 Å². The number of hydrogen-bond donors (Lipinski definition) is 0. The third-order valence-electron chi connectivity index (χ3n) is 1.97. The number of hydrogen-bond acceptors (Lipinski definition) is 3. The molecule has 0 fully saturated rings. The molecule has 0 radical (unpaired) electrons. The van der Waals surface area contributed by atoms with Crippen LogP contribution in [0.25, 0.3) is 10.9 Å². The van der Waals surface area contributed by atoms with Crippen LogP contribution in [0, 0.1) is 5.21 Å². The highest BCUT2D eigenvalue weighted by Gasteiger charge is 2.10. The van der Waals surface area contributed by atoms with Gasteiger partial charge in [-0.2, -0.15) is 0 Å². The van der Waals surface area contributed by atoms with Crippen molar-refractivity contribution >= 4 is 22.7 Å². The van der Waals surface area contributed by atoms with Crippen LogP contribution in [0.2, 0.25) is 0 Å². The van der Waals surface area contributed by atoms with E-state index < -0.39 is 0 Å². The predicted octanol–water partition coefficient (Wildman–Crippen LogP) is 2.15. The Kier molecular flexibility index (Phi) is 2.87. The molecule has 1 heterocycles. The molecule has 2 aromatic rings. The Balaban J connectivity index is 2.50. The number of nitrogens with zero attached hydrogens (tertiary/aromatic N) is 2. The summed E-state index contributed by atoms with van der Waals surface area (Å²) in [5.74, 6) is 0.688. The summed E-state index contributed by atoms with van der Waals surface area (Å²) in [7, 11) is 0. The molecule has 76 valence electrons. The van der Waals surface area contributed by atoms with Crippen LogP contribution in [0.3, 0.4) is 0 Å². The zero-order valence-corrected chi connectivity index (χ0v) is 8.91. The first kappa shape index (κ1) is 9.98. The summed E-state index contributed by atoms with van der Waals surface area (Å²) in [6.07, 6.45) is 3.47. The van der Waals surface area contributed by atoms with Crippen LogP contribution in [-0.4, -0.2) is 10.7 Å². The summed E-state index contributed by atoms with van der Waals surface area (Å²) in [5.41, 5.74) is 0.652. The maximum atomic E-state index is 11.8. The third-order valence-corrected chi connectivity index (χ3v) is 2.91. The molecule has 1 aromatic heterocycles. The van der Waals surface area contributed by atoms with Crippen LogP contribution < -0.4 is 4.73 Å². The molecule has 4 heteroatoms. The molecule has 15 heavy (non-hydrogen) atoms. The van der Waals surface area contributed by atoms with Gasteiger partial charge in [-0.05, 0) is 28.9 Å². The fourth-order valence-electron chi connectivity index (χ4n) is 1.29. The second-order valence-corrected chi connectivity index (χ2v) is 3.98. The number of para-hydroxylation sites is 1. The van der Waals surface area contributed by atoms with Gasteiger partial charge in [-0.15, -0.1) is 6.58 Å². The van der Waals surface area contributed by atoms with E-state index in [1.165, 1.54) is 11.8 Å². The van der Waals surface area contributed by atoms with Gasteiger partial charge in [0.2, 0.25) is 0 Å². The lowest BCUT2D eigenvalue weighted by molar-refractivity contribution is -0.623. The summed E-state index contributed by atoms with van der Waals surface area (Å²) in [6.45, 7) is 3.61. The number of aromatic nitrogens is 2. The monoisotopic (exact) mass is 218 g/mol. The van der Waals surface area contributed by atoms with E-state index in [-0.39, 0.29) is 0 Å². The fraction of sp³-hybridized carbons (Fsp3) is 0.0909. The van der Waals surface area contributed by atoms with Crippen LogP contribution in [-0.2, 0) is 0 Å². The van der Waals surface area contributed by atoms with Crippen molar-refractivity contribution in [1.82, 2.24) is 4.98 Å². The lowest BCUT2D eigenvalue weighted by Crippen LogP contribution is -2.31. The maximum absolute atomic E-state index is 11.8. The van der Waals surface area contributed by atoms with Gasteiger partial charge >= 0.3 is 5.16 Å². The second-order valence-electron chi connectivity index (χ2n) is 2.99. The number of rotatable bonds is 3. The molecule has 0 bridgehead atoms. The minimum absolute atomic E-state index is 0.466. The Morgan fingerprint density at radius 3 is 3.07 bits per heavy atom. The Morgan fingerprint density at radius 2 is 2.27 bits per heavy atom. The van der Waals surface area contributed by atoms with E-state index in [4.69, 9.17) is 0 Å². The van der Waals surface area contributed by atoms with Gasteiger partial charge in [0.25, 0.3) is 0 Å². The lowest BCUT2D eigenvalue weighted by atomic mass is 10.2. The largest absolute Gasteiger partial charge is 0.710 e. The molecule has 2 rings (SSSR count). The van der Waals surface area contributed by atoms with E-state index in [1.54, 1.807) is 18.3 Å². The zero-order valence-electron chi connectivity index (χ0n) is 8.09. The van der Waals surface area contributed by atoms with Crippen molar-refractivity contribution in [1.29, 1.82) is 0 Å². The molecular weight excluding hydrogens is 208 g/mol. The molecule has 3 nitrogen and oxygen atoms in total. The van der Waals surface area contributed by atoms with E-state index in [0.29, 0.717) is 16.4 Å². The van der Waals surface area contributed by atoms with E-state index in [0.717, 1.165) is 10.1 Å².